The molecule has 1 aromatic carbocycles. The van der Waals surface area contributed by atoms with Crippen LogP contribution in [0.5, 0.6) is 0 Å². The van der Waals surface area contributed by atoms with E-state index in [2.05, 4.69) is 32.2 Å². The summed E-state index contributed by atoms with van der Waals surface area (Å²) in [6.07, 6.45) is 6.53. The van der Waals surface area contributed by atoms with E-state index in [1.165, 1.54) is 31.2 Å². The van der Waals surface area contributed by atoms with Gasteiger partial charge in [-0.1, -0.05) is 55.0 Å². The zero-order valence-corrected chi connectivity index (χ0v) is 14.9. The fourth-order valence-electron chi connectivity index (χ4n) is 3.24. The maximum atomic E-state index is 6.37. The lowest BCUT2D eigenvalue weighted by atomic mass is 9.85. The summed E-state index contributed by atoms with van der Waals surface area (Å²) in [5, 5.41) is 5.20. The van der Waals surface area contributed by atoms with Crippen LogP contribution >= 0.6 is 23.2 Å². The summed E-state index contributed by atoms with van der Waals surface area (Å²) in [7, 11) is 0. The van der Waals surface area contributed by atoms with Crippen LogP contribution in [0, 0.1) is 11.8 Å². The molecule has 0 saturated heterocycles. The molecule has 1 unspecified atom stereocenters. The van der Waals surface area contributed by atoms with Crippen molar-refractivity contribution in [3.63, 3.8) is 0 Å². The lowest BCUT2D eigenvalue weighted by Gasteiger charge is -2.29. The van der Waals surface area contributed by atoms with E-state index in [0.717, 1.165) is 23.9 Å². The van der Waals surface area contributed by atoms with Gasteiger partial charge in [0, 0.05) is 15.6 Å². The van der Waals surface area contributed by atoms with E-state index in [4.69, 9.17) is 23.2 Å². The molecule has 0 bridgehead atoms. The summed E-state index contributed by atoms with van der Waals surface area (Å²) in [6.45, 7) is 7.75. The van der Waals surface area contributed by atoms with Gasteiger partial charge in [0.2, 0.25) is 0 Å². The number of hydrogen-bond donors (Lipinski definition) is 1. The molecule has 0 aliphatic heterocycles. The van der Waals surface area contributed by atoms with Crippen molar-refractivity contribution in [2.24, 2.45) is 11.8 Å². The standard InChI is InChI=1S/C18H27Cl2N/c1-18(2,3)21-12-15(13-6-4-5-7-13)10-14-8-9-16(19)11-17(14)20/h8-9,11,13,15,21H,4-7,10,12H2,1-3H3. The first kappa shape index (κ1) is 17.1. The van der Waals surface area contributed by atoms with Gasteiger partial charge < -0.3 is 5.32 Å². The van der Waals surface area contributed by atoms with Gasteiger partial charge >= 0.3 is 0 Å². The zero-order chi connectivity index (χ0) is 15.5. The highest BCUT2D eigenvalue weighted by Gasteiger charge is 2.26. The van der Waals surface area contributed by atoms with Crippen molar-refractivity contribution >= 4 is 23.2 Å². The minimum atomic E-state index is 0.167. The maximum absolute atomic E-state index is 6.37. The van der Waals surface area contributed by atoms with Crippen molar-refractivity contribution in [2.45, 2.75) is 58.4 Å². The SMILES string of the molecule is CC(C)(C)NCC(Cc1ccc(Cl)cc1Cl)C1CCCC1. The average molecular weight is 328 g/mol. The number of nitrogens with one attached hydrogen (secondary N) is 1. The quantitative estimate of drug-likeness (QED) is 0.728. The fourth-order valence-corrected chi connectivity index (χ4v) is 3.73. The second-order valence-corrected chi connectivity index (χ2v) is 8.22. The van der Waals surface area contributed by atoms with Gasteiger partial charge in [-0.05, 0) is 63.3 Å². The highest BCUT2D eigenvalue weighted by molar-refractivity contribution is 6.35. The molecule has 1 saturated carbocycles. The lowest BCUT2D eigenvalue weighted by Crippen LogP contribution is -2.41. The van der Waals surface area contributed by atoms with E-state index >= 15 is 0 Å². The minimum absolute atomic E-state index is 0.167. The van der Waals surface area contributed by atoms with Crippen LogP contribution in [-0.4, -0.2) is 12.1 Å². The normalized spacial score (nSPS) is 18.1. The van der Waals surface area contributed by atoms with Crippen LogP contribution in [0.3, 0.4) is 0 Å². The Bertz CT molecular complexity index is 459. The number of hydrogen-bond acceptors (Lipinski definition) is 1. The van der Waals surface area contributed by atoms with E-state index in [0.29, 0.717) is 10.9 Å². The van der Waals surface area contributed by atoms with Crippen molar-refractivity contribution in [3.05, 3.63) is 33.8 Å². The molecular weight excluding hydrogens is 301 g/mol. The zero-order valence-electron chi connectivity index (χ0n) is 13.4. The third kappa shape index (κ3) is 5.47. The molecule has 1 fully saturated rings. The summed E-state index contributed by atoms with van der Waals surface area (Å²) in [5.74, 6) is 1.48. The summed E-state index contributed by atoms with van der Waals surface area (Å²) < 4.78 is 0. The van der Waals surface area contributed by atoms with Gasteiger partial charge in [0.25, 0.3) is 0 Å². The molecule has 0 amide bonds. The molecule has 1 atom stereocenters. The highest BCUT2D eigenvalue weighted by atomic mass is 35.5. The molecule has 1 aromatic rings. The molecule has 2 rings (SSSR count). The minimum Gasteiger partial charge on any atom is -0.312 e. The van der Waals surface area contributed by atoms with Crippen molar-refractivity contribution in [1.29, 1.82) is 0 Å². The Labute approximate surface area is 139 Å². The fraction of sp³-hybridized carbons (Fsp3) is 0.667. The molecular formula is C18H27Cl2N. The van der Waals surface area contributed by atoms with Gasteiger partial charge in [-0.2, -0.15) is 0 Å². The molecule has 0 heterocycles. The Balaban J connectivity index is 2.07. The van der Waals surface area contributed by atoms with Gasteiger partial charge in [-0.3, -0.25) is 0 Å². The van der Waals surface area contributed by atoms with Crippen LogP contribution in [0.4, 0.5) is 0 Å². The van der Waals surface area contributed by atoms with Crippen LogP contribution in [0.2, 0.25) is 10.0 Å². The molecule has 1 aliphatic carbocycles. The summed E-state index contributed by atoms with van der Waals surface area (Å²) >= 11 is 12.4. The van der Waals surface area contributed by atoms with Crippen LogP contribution in [0.25, 0.3) is 0 Å². The Morgan fingerprint density at radius 3 is 2.43 bits per heavy atom. The monoisotopic (exact) mass is 327 g/mol. The van der Waals surface area contributed by atoms with Crippen molar-refractivity contribution in [2.75, 3.05) is 6.54 Å². The second-order valence-electron chi connectivity index (χ2n) is 7.38. The van der Waals surface area contributed by atoms with Gasteiger partial charge in [0.05, 0.1) is 0 Å². The Hall–Kier alpha value is -0.240. The predicted octanol–water partition coefficient (Wildman–Crippen LogP) is 5.73. The molecule has 118 valence electrons. The molecule has 0 radical (unpaired) electrons. The molecule has 0 spiro atoms. The summed E-state index contributed by atoms with van der Waals surface area (Å²) in [5.41, 5.74) is 1.40. The van der Waals surface area contributed by atoms with E-state index in [-0.39, 0.29) is 5.54 Å². The number of halogens is 2. The molecule has 1 aliphatic rings. The van der Waals surface area contributed by atoms with Crippen LogP contribution in [0.15, 0.2) is 18.2 Å². The van der Waals surface area contributed by atoms with Gasteiger partial charge in [-0.15, -0.1) is 0 Å². The van der Waals surface area contributed by atoms with Crippen LogP contribution in [0.1, 0.15) is 52.0 Å². The van der Waals surface area contributed by atoms with E-state index in [1.54, 1.807) is 0 Å². The Morgan fingerprint density at radius 1 is 1.19 bits per heavy atom. The first-order valence-electron chi connectivity index (χ1n) is 8.04. The Morgan fingerprint density at radius 2 is 1.86 bits per heavy atom. The van der Waals surface area contributed by atoms with Crippen molar-refractivity contribution in [1.82, 2.24) is 5.32 Å². The highest BCUT2D eigenvalue weighted by Crippen LogP contribution is 2.34. The van der Waals surface area contributed by atoms with E-state index < -0.39 is 0 Å². The predicted molar refractivity (Wildman–Crippen MR) is 93.4 cm³/mol. The second kappa shape index (κ2) is 7.35. The third-order valence-corrected chi connectivity index (χ3v) is 5.05. The Kier molecular flexibility index (Phi) is 5.99. The molecule has 1 N–H and O–H groups in total. The van der Waals surface area contributed by atoms with Gasteiger partial charge in [0.1, 0.15) is 0 Å². The smallest absolute Gasteiger partial charge is 0.0452 e. The molecule has 0 aromatic heterocycles. The number of benzene rings is 1. The number of rotatable bonds is 5. The van der Waals surface area contributed by atoms with Crippen LogP contribution < -0.4 is 5.32 Å². The van der Waals surface area contributed by atoms with Crippen molar-refractivity contribution < 1.29 is 0 Å². The van der Waals surface area contributed by atoms with Crippen LogP contribution in [-0.2, 0) is 6.42 Å². The first-order valence-corrected chi connectivity index (χ1v) is 8.80. The van der Waals surface area contributed by atoms with E-state index in [1.807, 2.05) is 12.1 Å². The van der Waals surface area contributed by atoms with Crippen molar-refractivity contribution in [3.8, 4) is 0 Å². The first-order chi connectivity index (χ1) is 9.85. The average Bonchev–Trinajstić information content (AvgIpc) is 2.89. The third-order valence-electron chi connectivity index (χ3n) is 4.46. The molecule has 21 heavy (non-hydrogen) atoms. The summed E-state index contributed by atoms with van der Waals surface area (Å²) in [6, 6.07) is 5.90. The topological polar surface area (TPSA) is 12.0 Å². The largest absolute Gasteiger partial charge is 0.312 e. The van der Waals surface area contributed by atoms with Gasteiger partial charge in [0.15, 0.2) is 0 Å². The molecule has 1 nitrogen and oxygen atoms in total. The van der Waals surface area contributed by atoms with E-state index in [9.17, 15) is 0 Å². The molecule has 3 heteroatoms. The lowest BCUT2D eigenvalue weighted by molar-refractivity contribution is 0.286. The maximum Gasteiger partial charge on any atom is 0.0452 e. The summed E-state index contributed by atoms with van der Waals surface area (Å²) in [4.78, 5) is 0. The van der Waals surface area contributed by atoms with Gasteiger partial charge in [-0.25, -0.2) is 0 Å².